The van der Waals surface area contributed by atoms with Gasteiger partial charge >= 0.3 is 0 Å². The lowest BCUT2D eigenvalue weighted by Crippen LogP contribution is -2.36. The van der Waals surface area contributed by atoms with Gasteiger partial charge < -0.3 is 32.3 Å². The van der Waals surface area contributed by atoms with Gasteiger partial charge in [-0.2, -0.15) is 0 Å². The van der Waals surface area contributed by atoms with Crippen molar-refractivity contribution in [2.75, 3.05) is 22.1 Å². The Morgan fingerprint density at radius 2 is 1.11 bits per heavy atom. The quantitative estimate of drug-likeness (QED) is 0.233. The number of hydrogen-bond donors (Lipinski definition) is 6. The van der Waals surface area contributed by atoms with E-state index in [1.54, 1.807) is 0 Å². The lowest BCUT2D eigenvalue weighted by atomic mass is 9.70. The first-order chi connectivity index (χ1) is 18.3. The Morgan fingerprint density at radius 1 is 0.737 bits per heavy atom. The SMILES string of the molecule is CC(C(=O)C(C)[C@H]1CC[C@@H](Nc2cc(CO)ccc2N)CC1)[C@H]1CC[C@@H](Nc2cc(CO)ccc2N)CC1. The van der Waals surface area contributed by atoms with Crippen LogP contribution in [0.5, 0.6) is 0 Å². The Hall–Kier alpha value is -2.77. The predicted molar refractivity (Wildman–Crippen MR) is 156 cm³/mol. The number of rotatable bonds is 10. The molecule has 0 spiro atoms. The third kappa shape index (κ3) is 6.80. The number of carbonyl (C=O) groups is 1. The van der Waals surface area contributed by atoms with E-state index >= 15 is 0 Å². The zero-order chi connectivity index (χ0) is 27.2. The number of aliphatic hydroxyl groups is 2. The van der Waals surface area contributed by atoms with Crippen molar-refractivity contribution in [3.8, 4) is 0 Å². The van der Waals surface area contributed by atoms with Gasteiger partial charge in [-0.3, -0.25) is 4.79 Å². The van der Waals surface area contributed by atoms with Crippen molar-refractivity contribution < 1.29 is 15.0 Å². The van der Waals surface area contributed by atoms with Gasteiger partial charge in [0.1, 0.15) is 5.78 Å². The second kappa shape index (κ2) is 12.9. The highest BCUT2D eigenvalue weighted by molar-refractivity contribution is 5.83. The van der Waals surface area contributed by atoms with E-state index in [1.807, 2.05) is 36.4 Å². The Kier molecular flexibility index (Phi) is 9.55. The zero-order valence-corrected chi connectivity index (χ0v) is 23.0. The number of aliphatic hydroxyl groups excluding tert-OH is 2. The molecule has 0 amide bonds. The molecule has 38 heavy (non-hydrogen) atoms. The summed E-state index contributed by atoms with van der Waals surface area (Å²) in [5.41, 5.74) is 17.2. The third-order valence-electron chi connectivity index (χ3n) is 9.18. The van der Waals surface area contributed by atoms with E-state index in [4.69, 9.17) is 11.5 Å². The number of carbonyl (C=O) groups excluding carboxylic acids is 1. The molecule has 2 aliphatic carbocycles. The first-order valence-electron chi connectivity index (χ1n) is 14.3. The zero-order valence-electron chi connectivity index (χ0n) is 23.0. The Morgan fingerprint density at radius 3 is 1.45 bits per heavy atom. The van der Waals surface area contributed by atoms with Crippen LogP contribution in [0.1, 0.15) is 76.3 Å². The maximum atomic E-state index is 13.5. The van der Waals surface area contributed by atoms with Crippen molar-refractivity contribution in [1.82, 2.24) is 0 Å². The minimum absolute atomic E-state index is 0.00476. The molecule has 2 aromatic rings. The van der Waals surface area contributed by atoms with E-state index in [0.717, 1.165) is 73.9 Å². The van der Waals surface area contributed by atoms with Gasteiger partial charge in [-0.1, -0.05) is 26.0 Å². The van der Waals surface area contributed by atoms with E-state index in [-0.39, 0.29) is 25.0 Å². The van der Waals surface area contributed by atoms with Crippen LogP contribution in [0.15, 0.2) is 36.4 Å². The van der Waals surface area contributed by atoms with Crippen LogP contribution in [0.25, 0.3) is 0 Å². The monoisotopic (exact) mass is 522 g/mol. The molecule has 0 aliphatic heterocycles. The molecule has 2 fully saturated rings. The molecule has 0 saturated heterocycles. The fourth-order valence-corrected chi connectivity index (χ4v) is 6.50. The summed E-state index contributed by atoms with van der Waals surface area (Å²) >= 11 is 0. The molecular weight excluding hydrogens is 476 g/mol. The van der Waals surface area contributed by atoms with Gasteiger partial charge in [0, 0.05) is 23.9 Å². The summed E-state index contributed by atoms with van der Waals surface area (Å²) < 4.78 is 0. The van der Waals surface area contributed by atoms with E-state index in [1.165, 1.54) is 0 Å². The highest BCUT2D eigenvalue weighted by Crippen LogP contribution is 2.38. The molecule has 0 heterocycles. The summed E-state index contributed by atoms with van der Waals surface area (Å²) in [5.74, 6) is 1.47. The van der Waals surface area contributed by atoms with E-state index < -0.39 is 0 Å². The van der Waals surface area contributed by atoms with Crippen LogP contribution < -0.4 is 22.1 Å². The summed E-state index contributed by atoms with van der Waals surface area (Å²) in [7, 11) is 0. The highest BCUT2D eigenvalue weighted by Gasteiger charge is 2.35. The van der Waals surface area contributed by atoms with Gasteiger partial charge in [-0.15, -0.1) is 0 Å². The van der Waals surface area contributed by atoms with Gasteiger partial charge in [0.25, 0.3) is 0 Å². The molecule has 4 rings (SSSR count). The van der Waals surface area contributed by atoms with Crippen molar-refractivity contribution in [1.29, 1.82) is 0 Å². The molecule has 2 aliphatic rings. The van der Waals surface area contributed by atoms with E-state index in [9.17, 15) is 15.0 Å². The average molecular weight is 523 g/mol. The normalized spacial score (nSPS) is 25.4. The van der Waals surface area contributed by atoms with Crippen LogP contribution >= 0.6 is 0 Å². The van der Waals surface area contributed by atoms with Crippen LogP contribution in [-0.4, -0.2) is 28.1 Å². The maximum Gasteiger partial charge on any atom is 0.139 e. The molecule has 0 aromatic heterocycles. The Bertz CT molecular complexity index is 991. The topological polar surface area (TPSA) is 134 Å². The van der Waals surface area contributed by atoms with E-state index in [2.05, 4.69) is 24.5 Å². The first-order valence-corrected chi connectivity index (χ1v) is 14.3. The summed E-state index contributed by atoms with van der Waals surface area (Å²) in [6.07, 6.45) is 8.27. The van der Waals surface area contributed by atoms with Crippen molar-refractivity contribution in [2.24, 2.45) is 23.7 Å². The maximum absolute atomic E-state index is 13.5. The molecule has 0 bridgehead atoms. The van der Waals surface area contributed by atoms with Crippen molar-refractivity contribution in [2.45, 2.75) is 90.5 Å². The smallest absolute Gasteiger partial charge is 0.139 e. The fraction of sp³-hybridized carbons (Fsp3) is 0.581. The molecule has 2 aromatic carbocycles. The van der Waals surface area contributed by atoms with Crippen LogP contribution in [-0.2, 0) is 18.0 Å². The summed E-state index contributed by atoms with van der Waals surface area (Å²) in [5, 5.41) is 26.0. The van der Waals surface area contributed by atoms with Gasteiger partial charge in [0.2, 0.25) is 0 Å². The van der Waals surface area contributed by atoms with Gasteiger partial charge in [-0.05, 0) is 98.6 Å². The molecule has 7 heteroatoms. The molecule has 2 atom stereocenters. The number of ketones is 1. The molecule has 2 saturated carbocycles. The van der Waals surface area contributed by atoms with Crippen LogP contribution in [0.4, 0.5) is 22.7 Å². The Labute approximate surface area is 227 Å². The minimum atomic E-state index is 0.00476. The molecule has 7 nitrogen and oxygen atoms in total. The number of Topliss-reactive ketones (excluding diaryl/α,β-unsaturated/α-hetero) is 1. The largest absolute Gasteiger partial charge is 0.397 e. The van der Waals surface area contributed by atoms with Crippen LogP contribution in [0.3, 0.4) is 0 Å². The standard InChI is InChI=1S/C31H46N4O3/c1-19(23-5-9-25(10-6-23)34-29-15-21(17-36)3-13-27(29)32)31(38)20(2)24-7-11-26(12-8-24)35-30-16-22(18-37)4-14-28(30)33/h3-4,13-16,19-20,23-26,34-37H,5-12,17-18,32-33H2,1-2H3/t19?,20?,23-,24-,25+,26+. The van der Waals surface area contributed by atoms with Crippen molar-refractivity contribution >= 4 is 28.5 Å². The number of nitrogens with two attached hydrogens (primary N) is 2. The minimum Gasteiger partial charge on any atom is -0.397 e. The lowest BCUT2D eigenvalue weighted by Gasteiger charge is -2.36. The fourth-order valence-electron chi connectivity index (χ4n) is 6.50. The average Bonchev–Trinajstić information content (AvgIpc) is 2.95. The second-order valence-electron chi connectivity index (χ2n) is 11.7. The van der Waals surface area contributed by atoms with Crippen LogP contribution in [0, 0.1) is 23.7 Å². The summed E-state index contributed by atoms with van der Waals surface area (Å²) in [4.78, 5) is 13.5. The first kappa shape index (κ1) is 28.2. The van der Waals surface area contributed by atoms with Gasteiger partial charge in [-0.25, -0.2) is 0 Å². The number of nitrogen functional groups attached to an aromatic ring is 2. The number of benzene rings is 2. The second-order valence-corrected chi connectivity index (χ2v) is 11.7. The Balaban J connectivity index is 1.23. The molecule has 2 unspecified atom stereocenters. The number of nitrogens with one attached hydrogen (secondary N) is 2. The summed E-state index contributed by atoms with van der Waals surface area (Å²) in [6, 6.07) is 11.9. The molecular formula is C31H46N4O3. The summed E-state index contributed by atoms with van der Waals surface area (Å²) in [6.45, 7) is 4.30. The molecule has 8 N–H and O–H groups in total. The third-order valence-corrected chi connectivity index (χ3v) is 9.18. The van der Waals surface area contributed by atoms with Gasteiger partial charge in [0.05, 0.1) is 36.0 Å². The lowest BCUT2D eigenvalue weighted by molar-refractivity contribution is -0.129. The van der Waals surface area contributed by atoms with Crippen molar-refractivity contribution in [3.63, 3.8) is 0 Å². The van der Waals surface area contributed by atoms with Crippen LogP contribution in [0.2, 0.25) is 0 Å². The van der Waals surface area contributed by atoms with E-state index in [0.29, 0.717) is 41.1 Å². The number of hydrogen-bond acceptors (Lipinski definition) is 7. The number of anilines is 4. The predicted octanol–water partition coefficient (Wildman–Crippen LogP) is 5.32. The molecule has 208 valence electrons. The highest BCUT2D eigenvalue weighted by atomic mass is 16.3. The molecule has 0 radical (unpaired) electrons. The van der Waals surface area contributed by atoms with Gasteiger partial charge in [0.15, 0.2) is 0 Å². The van der Waals surface area contributed by atoms with Crippen molar-refractivity contribution in [3.05, 3.63) is 47.5 Å².